The van der Waals surface area contributed by atoms with Gasteiger partial charge in [0, 0.05) is 17.2 Å². The summed E-state index contributed by atoms with van der Waals surface area (Å²) in [6, 6.07) is 9.34. The molecule has 0 radical (unpaired) electrons. The Kier molecular flexibility index (Phi) is 4.08. The minimum absolute atomic E-state index is 0.0733. The van der Waals surface area contributed by atoms with Crippen molar-refractivity contribution in [2.45, 2.75) is 38.0 Å². The average Bonchev–Trinajstić information content (AvgIpc) is 2.46. The van der Waals surface area contributed by atoms with Crippen LogP contribution < -0.4 is 0 Å². The number of aliphatic imine (C=N–C) groups is 2. The van der Waals surface area contributed by atoms with E-state index in [0.717, 1.165) is 30.0 Å². The van der Waals surface area contributed by atoms with Crippen molar-refractivity contribution in [1.82, 2.24) is 0 Å². The quantitative estimate of drug-likeness (QED) is 0.907. The van der Waals surface area contributed by atoms with E-state index in [1.54, 1.807) is 11.8 Å². The summed E-state index contributed by atoms with van der Waals surface area (Å²) in [7, 11) is 0. The molecule has 0 saturated heterocycles. The Bertz CT molecular complexity index is 637. The van der Waals surface area contributed by atoms with Crippen molar-refractivity contribution < 1.29 is 9.90 Å². The van der Waals surface area contributed by atoms with Crippen molar-refractivity contribution in [2.24, 2.45) is 15.4 Å². The van der Waals surface area contributed by atoms with Gasteiger partial charge in [-0.25, -0.2) is 4.79 Å². The Morgan fingerprint density at radius 2 is 2.05 bits per heavy atom. The van der Waals surface area contributed by atoms with Crippen LogP contribution in [0.3, 0.4) is 0 Å². The van der Waals surface area contributed by atoms with E-state index in [1.807, 2.05) is 30.3 Å². The molecule has 5 heteroatoms. The molecule has 1 aliphatic carbocycles. The lowest BCUT2D eigenvalue weighted by molar-refractivity contribution is -0.137. The number of para-hydroxylation sites is 1. The van der Waals surface area contributed by atoms with Gasteiger partial charge in [-0.1, -0.05) is 32.0 Å². The maximum Gasteiger partial charge on any atom is 0.329 e. The topological polar surface area (TPSA) is 62.0 Å². The summed E-state index contributed by atoms with van der Waals surface area (Å²) in [6.45, 7) is 4.39. The van der Waals surface area contributed by atoms with E-state index in [0.29, 0.717) is 5.75 Å². The Morgan fingerprint density at radius 1 is 1.32 bits per heavy atom. The number of aliphatic carboxylic acids is 1. The number of carboxylic acid groups (broad SMARTS) is 1. The molecule has 1 saturated carbocycles. The summed E-state index contributed by atoms with van der Waals surface area (Å²) in [5, 5.41) is 9.35. The maximum atomic E-state index is 11.2. The van der Waals surface area contributed by atoms with E-state index in [-0.39, 0.29) is 10.7 Å². The number of fused-ring (bicyclic) bond motifs is 1. The lowest BCUT2D eigenvalue weighted by Crippen LogP contribution is -2.44. The van der Waals surface area contributed by atoms with Crippen molar-refractivity contribution in [2.75, 3.05) is 5.75 Å². The van der Waals surface area contributed by atoms with E-state index in [9.17, 15) is 9.90 Å². The highest BCUT2D eigenvalue weighted by Gasteiger charge is 2.40. The third-order valence-corrected chi connectivity index (χ3v) is 5.37. The van der Waals surface area contributed by atoms with E-state index >= 15 is 0 Å². The van der Waals surface area contributed by atoms with Crippen LogP contribution in [0.5, 0.6) is 0 Å². The zero-order valence-electron chi connectivity index (χ0n) is 12.8. The highest BCUT2D eigenvalue weighted by molar-refractivity contribution is 8.01. The summed E-state index contributed by atoms with van der Waals surface area (Å²) in [4.78, 5) is 20.6. The zero-order chi connectivity index (χ0) is 15.7. The zero-order valence-corrected chi connectivity index (χ0v) is 13.6. The maximum absolute atomic E-state index is 11.2. The summed E-state index contributed by atoms with van der Waals surface area (Å²) in [6.07, 6.45) is 1.78. The second kappa shape index (κ2) is 5.88. The first-order valence-corrected chi connectivity index (χ1v) is 8.53. The van der Waals surface area contributed by atoms with Gasteiger partial charge in [-0.2, -0.15) is 0 Å². The Hall–Kier alpha value is -1.62. The minimum Gasteiger partial charge on any atom is -0.480 e. The molecule has 2 atom stereocenters. The highest BCUT2D eigenvalue weighted by atomic mass is 32.2. The number of hydrogen-bond acceptors (Lipinski definition) is 4. The molecule has 1 heterocycles. The molecular weight excluding hydrogens is 296 g/mol. The largest absolute Gasteiger partial charge is 0.480 e. The highest BCUT2D eigenvalue weighted by Crippen LogP contribution is 2.40. The number of carbonyl (C=O) groups is 1. The van der Waals surface area contributed by atoms with Gasteiger partial charge in [0.15, 0.2) is 6.04 Å². The smallest absolute Gasteiger partial charge is 0.329 e. The van der Waals surface area contributed by atoms with Crippen LogP contribution in [-0.2, 0) is 4.79 Å². The molecule has 1 aromatic carbocycles. The monoisotopic (exact) mass is 316 g/mol. The van der Waals surface area contributed by atoms with Gasteiger partial charge in [-0.15, -0.1) is 11.8 Å². The summed E-state index contributed by atoms with van der Waals surface area (Å²) < 4.78 is 0. The predicted octanol–water partition coefficient (Wildman–Crippen LogP) is 3.59. The van der Waals surface area contributed by atoms with Crippen LogP contribution >= 0.6 is 11.8 Å². The van der Waals surface area contributed by atoms with Gasteiger partial charge in [0.1, 0.15) is 0 Å². The SMILES string of the molecule is CC1(C)CC(=Nc2ccccc2)C2SCC(C(=O)O)N=C2C1. The normalized spacial score (nSPS) is 28.8. The van der Waals surface area contributed by atoms with Crippen LogP contribution in [0.4, 0.5) is 5.69 Å². The molecule has 22 heavy (non-hydrogen) atoms. The summed E-state index contributed by atoms with van der Waals surface area (Å²) >= 11 is 1.67. The molecule has 0 aromatic heterocycles. The molecule has 3 rings (SSSR count). The molecular formula is C17H20N2O2S. The Morgan fingerprint density at radius 3 is 2.73 bits per heavy atom. The van der Waals surface area contributed by atoms with Crippen LogP contribution in [0.1, 0.15) is 26.7 Å². The molecule has 1 aliphatic heterocycles. The van der Waals surface area contributed by atoms with Gasteiger partial charge >= 0.3 is 5.97 Å². The van der Waals surface area contributed by atoms with Crippen molar-refractivity contribution in [1.29, 1.82) is 0 Å². The lowest BCUT2D eigenvalue weighted by atomic mass is 9.75. The summed E-state index contributed by atoms with van der Waals surface area (Å²) in [5.41, 5.74) is 3.14. The van der Waals surface area contributed by atoms with Gasteiger partial charge in [0.2, 0.25) is 0 Å². The second-order valence-corrected chi connectivity index (χ2v) is 7.78. The van der Waals surface area contributed by atoms with Gasteiger partial charge < -0.3 is 5.11 Å². The number of hydrogen-bond donors (Lipinski definition) is 1. The molecule has 2 aliphatic rings. The first kappa shape index (κ1) is 15.3. The number of carboxylic acids is 1. The molecule has 0 spiro atoms. The molecule has 4 nitrogen and oxygen atoms in total. The fourth-order valence-electron chi connectivity index (χ4n) is 3.04. The number of rotatable bonds is 2. The van der Waals surface area contributed by atoms with Crippen molar-refractivity contribution in [3.63, 3.8) is 0 Å². The first-order valence-electron chi connectivity index (χ1n) is 7.48. The third kappa shape index (κ3) is 3.24. The van der Waals surface area contributed by atoms with Gasteiger partial charge in [0.05, 0.1) is 10.9 Å². The lowest BCUT2D eigenvalue weighted by Gasteiger charge is -2.39. The number of thioether (sulfide) groups is 1. The molecule has 0 amide bonds. The van der Waals surface area contributed by atoms with Gasteiger partial charge in [-0.3, -0.25) is 9.98 Å². The Labute approximate surface area is 134 Å². The van der Waals surface area contributed by atoms with Crippen molar-refractivity contribution in [3.8, 4) is 0 Å². The molecule has 116 valence electrons. The third-order valence-electron chi connectivity index (χ3n) is 3.98. The minimum atomic E-state index is -0.830. The van der Waals surface area contributed by atoms with Crippen LogP contribution in [0, 0.1) is 5.41 Å². The fourth-order valence-corrected chi connectivity index (χ4v) is 4.30. The molecule has 2 unspecified atom stereocenters. The van der Waals surface area contributed by atoms with E-state index in [1.165, 1.54) is 0 Å². The second-order valence-electron chi connectivity index (χ2n) is 6.64. The van der Waals surface area contributed by atoms with Crippen molar-refractivity contribution in [3.05, 3.63) is 30.3 Å². The first-order chi connectivity index (χ1) is 10.4. The van der Waals surface area contributed by atoms with Crippen LogP contribution in [0.25, 0.3) is 0 Å². The van der Waals surface area contributed by atoms with Crippen LogP contribution in [-0.4, -0.2) is 39.5 Å². The van der Waals surface area contributed by atoms with Crippen LogP contribution in [0.2, 0.25) is 0 Å². The predicted molar refractivity (Wildman–Crippen MR) is 91.7 cm³/mol. The van der Waals surface area contributed by atoms with E-state index in [4.69, 9.17) is 4.99 Å². The fraction of sp³-hybridized carbons (Fsp3) is 0.471. The average molecular weight is 316 g/mol. The number of nitrogens with zero attached hydrogens (tertiary/aromatic N) is 2. The van der Waals surface area contributed by atoms with Crippen LogP contribution in [0.15, 0.2) is 40.3 Å². The molecule has 1 fully saturated rings. The molecule has 1 aromatic rings. The Balaban J connectivity index is 1.96. The number of benzene rings is 1. The molecule has 1 N–H and O–H groups in total. The molecule has 0 bridgehead atoms. The van der Waals surface area contributed by atoms with Crippen molar-refractivity contribution >= 4 is 34.8 Å². The van der Waals surface area contributed by atoms with Gasteiger partial charge in [-0.05, 0) is 30.4 Å². The standard InChI is InChI=1S/C17H20N2O2S/c1-17(2)8-12(18-11-6-4-3-5-7-11)15-13(9-17)19-14(10-22-15)16(20)21/h3-7,14-15H,8-10H2,1-2H3,(H,20,21). The van der Waals surface area contributed by atoms with Gasteiger partial charge in [0.25, 0.3) is 0 Å². The summed E-state index contributed by atoms with van der Waals surface area (Å²) in [5.74, 6) is -0.305. The van der Waals surface area contributed by atoms with E-state index < -0.39 is 12.0 Å². The van der Waals surface area contributed by atoms with E-state index in [2.05, 4.69) is 18.8 Å².